The van der Waals surface area contributed by atoms with E-state index >= 15 is 0 Å². The van der Waals surface area contributed by atoms with Crippen LogP contribution in [0.4, 0.5) is 0 Å². The average Bonchev–Trinajstić information content (AvgIpc) is 2.85. The van der Waals surface area contributed by atoms with E-state index in [0.29, 0.717) is 12.0 Å². The molecule has 2 aromatic heterocycles. The van der Waals surface area contributed by atoms with Gasteiger partial charge in [-0.15, -0.1) is 0 Å². The van der Waals surface area contributed by atoms with E-state index in [1.54, 1.807) is 12.5 Å². The van der Waals surface area contributed by atoms with E-state index < -0.39 is 0 Å². The zero-order valence-electron chi connectivity index (χ0n) is 12.5. The van der Waals surface area contributed by atoms with Gasteiger partial charge in [-0.1, -0.05) is 19.9 Å². The molecule has 0 radical (unpaired) electrons. The Morgan fingerprint density at radius 2 is 2.15 bits per heavy atom. The summed E-state index contributed by atoms with van der Waals surface area (Å²) < 4.78 is 2.01. The SMILES string of the molecule is CNC(Cc1cccnc1)Cc1ncnn1CC(C)C. The number of pyridine rings is 1. The summed E-state index contributed by atoms with van der Waals surface area (Å²) in [5.41, 5.74) is 1.24. The number of hydrogen-bond acceptors (Lipinski definition) is 4. The van der Waals surface area contributed by atoms with E-state index in [4.69, 9.17) is 0 Å². The van der Waals surface area contributed by atoms with Crippen molar-refractivity contribution in [1.82, 2.24) is 25.1 Å². The van der Waals surface area contributed by atoms with Gasteiger partial charge < -0.3 is 5.32 Å². The van der Waals surface area contributed by atoms with Gasteiger partial charge in [-0.2, -0.15) is 5.10 Å². The first-order valence-corrected chi connectivity index (χ1v) is 7.12. The summed E-state index contributed by atoms with van der Waals surface area (Å²) in [5.74, 6) is 1.61. The number of nitrogens with one attached hydrogen (secondary N) is 1. The minimum absolute atomic E-state index is 0.342. The van der Waals surface area contributed by atoms with Crippen molar-refractivity contribution in [3.63, 3.8) is 0 Å². The Labute approximate surface area is 120 Å². The summed E-state index contributed by atoms with van der Waals surface area (Å²) in [6.45, 7) is 5.30. The highest BCUT2D eigenvalue weighted by atomic mass is 15.3. The maximum atomic E-state index is 4.39. The van der Waals surface area contributed by atoms with Crippen LogP contribution in [0.3, 0.4) is 0 Å². The summed E-state index contributed by atoms with van der Waals surface area (Å²) in [6, 6.07) is 4.42. The minimum atomic E-state index is 0.342. The molecule has 0 aliphatic rings. The third-order valence-corrected chi connectivity index (χ3v) is 3.28. The smallest absolute Gasteiger partial charge is 0.138 e. The van der Waals surface area contributed by atoms with E-state index in [0.717, 1.165) is 25.2 Å². The zero-order chi connectivity index (χ0) is 14.4. The Hall–Kier alpha value is -1.75. The van der Waals surface area contributed by atoms with Gasteiger partial charge >= 0.3 is 0 Å². The van der Waals surface area contributed by atoms with Crippen molar-refractivity contribution in [1.29, 1.82) is 0 Å². The Morgan fingerprint density at radius 3 is 2.80 bits per heavy atom. The first-order valence-electron chi connectivity index (χ1n) is 7.12. The van der Waals surface area contributed by atoms with Gasteiger partial charge in [0.1, 0.15) is 12.2 Å². The molecule has 0 saturated carbocycles. The van der Waals surface area contributed by atoms with E-state index in [-0.39, 0.29) is 0 Å². The van der Waals surface area contributed by atoms with Crippen LogP contribution in [0.5, 0.6) is 0 Å². The molecule has 1 unspecified atom stereocenters. The third-order valence-electron chi connectivity index (χ3n) is 3.28. The van der Waals surface area contributed by atoms with Crippen molar-refractivity contribution < 1.29 is 0 Å². The van der Waals surface area contributed by atoms with Crippen molar-refractivity contribution in [2.45, 2.75) is 39.3 Å². The number of likely N-dealkylation sites (N-methyl/N-ethyl adjacent to an activating group) is 1. The summed E-state index contributed by atoms with van der Waals surface area (Å²) in [6.07, 6.45) is 7.19. The second-order valence-corrected chi connectivity index (χ2v) is 5.51. The summed E-state index contributed by atoms with van der Waals surface area (Å²) in [7, 11) is 1.99. The summed E-state index contributed by atoms with van der Waals surface area (Å²) in [5, 5.41) is 7.68. The Bertz CT molecular complexity index is 506. The number of nitrogens with zero attached hydrogens (tertiary/aromatic N) is 4. The van der Waals surface area contributed by atoms with Crippen LogP contribution in [-0.4, -0.2) is 32.8 Å². The first-order chi connectivity index (χ1) is 9.69. The molecule has 5 heteroatoms. The van der Waals surface area contributed by atoms with Crippen LogP contribution in [0, 0.1) is 5.92 Å². The molecule has 1 N–H and O–H groups in total. The van der Waals surface area contributed by atoms with Crippen molar-refractivity contribution in [3.05, 3.63) is 42.2 Å². The lowest BCUT2D eigenvalue weighted by molar-refractivity contribution is 0.447. The maximum Gasteiger partial charge on any atom is 0.138 e. The standard InChI is InChI=1S/C15H23N5/c1-12(2)10-20-15(18-11-19-20)8-14(16-3)7-13-5-4-6-17-9-13/h4-6,9,11-12,14,16H,7-8,10H2,1-3H3. The van der Waals surface area contributed by atoms with Crippen LogP contribution in [0.2, 0.25) is 0 Å². The molecule has 1 atom stereocenters. The molecule has 20 heavy (non-hydrogen) atoms. The van der Waals surface area contributed by atoms with Crippen molar-refractivity contribution in [2.24, 2.45) is 5.92 Å². The van der Waals surface area contributed by atoms with Crippen molar-refractivity contribution in [2.75, 3.05) is 7.05 Å². The summed E-state index contributed by atoms with van der Waals surface area (Å²) >= 11 is 0. The Balaban J connectivity index is 2.01. The zero-order valence-corrected chi connectivity index (χ0v) is 12.5. The predicted octanol–water partition coefficient (Wildman–Crippen LogP) is 1.70. The Kier molecular flexibility index (Phi) is 5.24. The van der Waals surface area contributed by atoms with E-state index in [2.05, 4.69) is 40.3 Å². The molecule has 0 amide bonds. The second kappa shape index (κ2) is 7.14. The highest BCUT2D eigenvalue weighted by Gasteiger charge is 2.13. The van der Waals surface area contributed by atoms with Crippen LogP contribution in [0.15, 0.2) is 30.9 Å². The molecular formula is C15H23N5. The molecular weight excluding hydrogens is 250 g/mol. The topological polar surface area (TPSA) is 55.6 Å². The number of aromatic nitrogens is 4. The van der Waals surface area contributed by atoms with Crippen LogP contribution in [0.25, 0.3) is 0 Å². The van der Waals surface area contributed by atoms with Gasteiger partial charge in [-0.25, -0.2) is 9.67 Å². The molecule has 0 saturated heterocycles. The summed E-state index contributed by atoms with van der Waals surface area (Å²) in [4.78, 5) is 8.56. The number of rotatable bonds is 7. The van der Waals surface area contributed by atoms with Crippen LogP contribution in [-0.2, 0) is 19.4 Å². The molecule has 5 nitrogen and oxygen atoms in total. The molecule has 2 aromatic rings. The lowest BCUT2D eigenvalue weighted by Crippen LogP contribution is -2.31. The molecule has 0 fully saturated rings. The third kappa shape index (κ3) is 4.13. The fraction of sp³-hybridized carbons (Fsp3) is 0.533. The van der Waals surface area contributed by atoms with Crippen LogP contribution < -0.4 is 5.32 Å². The Morgan fingerprint density at radius 1 is 1.30 bits per heavy atom. The van der Waals surface area contributed by atoms with E-state index in [9.17, 15) is 0 Å². The van der Waals surface area contributed by atoms with E-state index in [1.165, 1.54) is 5.56 Å². The normalized spacial score (nSPS) is 12.8. The molecule has 0 spiro atoms. The molecule has 2 heterocycles. The van der Waals surface area contributed by atoms with Gasteiger partial charge in [-0.05, 0) is 31.0 Å². The lowest BCUT2D eigenvalue weighted by Gasteiger charge is -2.16. The average molecular weight is 273 g/mol. The van der Waals surface area contributed by atoms with Crippen LogP contribution in [0.1, 0.15) is 25.2 Å². The van der Waals surface area contributed by atoms with Crippen molar-refractivity contribution >= 4 is 0 Å². The fourth-order valence-electron chi connectivity index (χ4n) is 2.24. The lowest BCUT2D eigenvalue weighted by atomic mass is 10.0. The van der Waals surface area contributed by atoms with E-state index in [1.807, 2.05) is 24.0 Å². The van der Waals surface area contributed by atoms with Gasteiger partial charge in [0.15, 0.2) is 0 Å². The largest absolute Gasteiger partial charge is 0.316 e. The van der Waals surface area contributed by atoms with Gasteiger partial charge in [0.25, 0.3) is 0 Å². The highest BCUT2D eigenvalue weighted by molar-refractivity contribution is 5.11. The monoisotopic (exact) mass is 273 g/mol. The van der Waals surface area contributed by atoms with Crippen LogP contribution >= 0.6 is 0 Å². The highest BCUT2D eigenvalue weighted by Crippen LogP contribution is 2.08. The molecule has 0 aliphatic heterocycles. The predicted molar refractivity (Wildman–Crippen MR) is 79.4 cm³/mol. The number of hydrogen-bond donors (Lipinski definition) is 1. The quantitative estimate of drug-likeness (QED) is 0.834. The van der Waals surface area contributed by atoms with Gasteiger partial charge in [0.05, 0.1) is 0 Å². The molecule has 0 aliphatic carbocycles. The molecule has 0 bridgehead atoms. The molecule has 0 aromatic carbocycles. The minimum Gasteiger partial charge on any atom is -0.316 e. The van der Waals surface area contributed by atoms with Crippen molar-refractivity contribution in [3.8, 4) is 0 Å². The van der Waals surface area contributed by atoms with Gasteiger partial charge in [-0.3, -0.25) is 4.98 Å². The maximum absolute atomic E-state index is 4.39. The molecule has 2 rings (SSSR count). The van der Waals surface area contributed by atoms with Gasteiger partial charge in [0.2, 0.25) is 0 Å². The fourth-order valence-corrected chi connectivity index (χ4v) is 2.24. The molecule has 108 valence electrons. The second-order valence-electron chi connectivity index (χ2n) is 5.51. The van der Waals surface area contributed by atoms with Gasteiger partial charge in [0, 0.05) is 31.4 Å². The first kappa shape index (κ1) is 14.7.